The van der Waals surface area contributed by atoms with E-state index in [0.29, 0.717) is 6.42 Å². The summed E-state index contributed by atoms with van der Waals surface area (Å²) >= 11 is 0. The maximum Gasteiger partial charge on any atom is 0.0669 e. The van der Waals surface area contributed by atoms with Crippen LogP contribution in [0.15, 0.2) is 42.6 Å². The Labute approximate surface area is 114 Å². The third-order valence-electron chi connectivity index (χ3n) is 3.10. The number of nitriles is 1. The molecule has 1 aromatic carbocycles. The van der Waals surface area contributed by atoms with Crippen LogP contribution in [-0.2, 0) is 19.5 Å². The second kappa shape index (κ2) is 6.65. The fourth-order valence-corrected chi connectivity index (χ4v) is 2.09. The molecule has 0 bridgehead atoms. The summed E-state index contributed by atoms with van der Waals surface area (Å²) in [6.07, 6.45) is 3.74. The van der Waals surface area contributed by atoms with Crippen molar-refractivity contribution in [2.24, 2.45) is 0 Å². The predicted molar refractivity (Wildman–Crippen MR) is 77.8 cm³/mol. The standard InChI is InChI=1S/C16H19N3/c1-2-11-19-12-3-4-16(19)13-18-15-7-5-14(6-8-15)9-10-17/h3-8,12,18H,2,9,11,13H2,1H3. The van der Waals surface area contributed by atoms with E-state index in [1.54, 1.807) is 0 Å². The minimum Gasteiger partial charge on any atom is -0.379 e. The lowest BCUT2D eigenvalue weighted by Gasteiger charge is -2.10. The molecule has 0 saturated carbocycles. The number of nitrogens with zero attached hydrogens (tertiary/aromatic N) is 2. The SMILES string of the molecule is CCCn1cccc1CNc1ccc(CC#N)cc1. The Morgan fingerprint density at radius 3 is 2.68 bits per heavy atom. The molecule has 0 spiro atoms. The van der Waals surface area contributed by atoms with Crippen LogP contribution in [0.25, 0.3) is 0 Å². The topological polar surface area (TPSA) is 40.8 Å². The van der Waals surface area contributed by atoms with Gasteiger partial charge in [-0.2, -0.15) is 5.26 Å². The van der Waals surface area contributed by atoms with Crippen molar-refractivity contribution in [1.82, 2.24) is 4.57 Å². The molecule has 19 heavy (non-hydrogen) atoms. The van der Waals surface area contributed by atoms with Crippen LogP contribution in [0.2, 0.25) is 0 Å². The summed E-state index contributed by atoms with van der Waals surface area (Å²) < 4.78 is 2.27. The number of aromatic nitrogens is 1. The zero-order chi connectivity index (χ0) is 13.5. The van der Waals surface area contributed by atoms with E-state index in [1.165, 1.54) is 5.69 Å². The summed E-state index contributed by atoms with van der Waals surface area (Å²) in [7, 11) is 0. The molecule has 0 radical (unpaired) electrons. The number of hydrogen-bond acceptors (Lipinski definition) is 2. The summed E-state index contributed by atoms with van der Waals surface area (Å²) in [4.78, 5) is 0. The van der Waals surface area contributed by atoms with Gasteiger partial charge in [0.15, 0.2) is 0 Å². The summed E-state index contributed by atoms with van der Waals surface area (Å²) in [6, 6.07) is 14.4. The van der Waals surface area contributed by atoms with Gasteiger partial charge in [-0.1, -0.05) is 19.1 Å². The van der Waals surface area contributed by atoms with Gasteiger partial charge in [0.1, 0.15) is 0 Å². The summed E-state index contributed by atoms with van der Waals surface area (Å²) in [5.74, 6) is 0. The molecule has 0 fully saturated rings. The first-order chi connectivity index (χ1) is 9.33. The van der Waals surface area contributed by atoms with E-state index in [4.69, 9.17) is 5.26 Å². The van der Waals surface area contributed by atoms with Gasteiger partial charge in [-0.15, -0.1) is 0 Å². The molecule has 0 aliphatic carbocycles. The van der Waals surface area contributed by atoms with E-state index in [9.17, 15) is 0 Å². The molecule has 1 aromatic heterocycles. The predicted octanol–water partition coefficient (Wildman–Crippen LogP) is 3.58. The molecule has 1 heterocycles. The summed E-state index contributed by atoms with van der Waals surface area (Å²) in [5.41, 5.74) is 3.44. The van der Waals surface area contributed by atoms with Crippen molar-refractivity contribution in [1.29, 1.82) is 5.26 Å². The Hall–Kier alpha value is -2.21. The number of rotatable bonds is 6. The smallest absolute Gasteiger partial charge is 0.0669 e. The van der Waals surface area contributed by atoms with Gasteiger partial charge >= 0.3 is 0 Å². The van der Waals surface area contributed by atoms with Crippen LogP contribution >= 0.6 is 0 Å². The fraction of sp³-hybridized carbons (Fsp3) is 0.312. The highest BCUT2D eigenvalue weighted by Gasteiger charge is 2.00. The average molecular weight is 253 g/mol. The lowest BCUT2D eigenvalue weighted by molar-refractivity contribution is 0.654. The van der Waals surface area contributed by atoms with Crippen LogP contribution in [0.4, 0.5) is 5.69 Å². The Morgan fingerprint density at radius 1 is 1.21 bits per heavy atom. The highest BCUT2D eigenvalue weighted by Crippen LogP contribution is 2.12. The van der Waals surface area contributed by atoms with Crippen molar-refractivity contribution in [3.63, 3.8) is 0 Å². The first-order valence-electron chi connectivity index (χ1n) is 6.67. The molecule has 0 saturated heterocycles. The van der Waals surface area contributed by atoms with Crippen molar-refractivity contribution in [3.05, 3.63) is 53.9 Å². The maximum atomic E-state index is 8.63. The third-order valence-corrected chi connectivity index (χ3v) is 3.10. The van der Waals surface area contributed by atoms with Crippen molar-refractivity contribution in [2.75, 3.05) is 5.32 Å². The van der Waals surface area contributed by atoms with Crippen LogP contribution in [0.1, 0.15) is 24.6 Å². The second-order valence-electron chi connectivity index (χ2n) is 4.58. The lowest BCUT2D eigenvalue weighted by atomic mass is 10.1. The Bertz CT molecular complexity index is 546. The highest BCUT2D eigenvalue weighted by atomic mass is 15.0. The van der Waals surface area contributed by atoms with Gasteiger partial charge in [-0.05, 0) is 36.2 Å². The molecule has 2 aromatic rings. The molecule has 0 aliphatic heterocycles. The fourth-order valence-electron chi connectivity index (χ4n) is 2.09. The summed E-state index contributed by atoms with van der Waals surface area (Å²) in [5, 5.41) is 12.0. The molecule has 0 aliphatic rings. The van der Waals surface area contributed by atoms with E-state index >= 15 is 0 Å². The highest BCUT2D eigenvalue weighted by molar-refractivity contribution is 5.45. The first kappa shape index (κ1) is 13.2. The van der Waals surface area contributed by atoms with Crippen molar-refractivity contribution in [2.45, 2.75) is 32.9 Å². The van der Waals surface area contributed by atoms with Gasteiger partial charge in [0, 0.05) is 24.1 Å². The number of hydrogen-bond donors (Lipinski definition) is 1. The molecule has 3 heteroatoms. The number of nitrogens with one attached hydrogen (secondary N) is 1. The Kier molecular flexibility index (Phi) is 4.63. The van der Waals surface area contributed by atoms with E-state index in [-0.39, 0.29) is 0 Å². The monoisotopic (exact) mass is 253 g/mol. The van der Waals surface area contributed by atoms with Crippen LogP contribution < -0.4 is 5.32 Å². The Morgan fingerprint density at radius 2 is 2.00 bits per heavy atom. The molecule has 0 atom stereocenters. The van der Waals surface area contributed by atoms with E-state index in [2.05, 4.69) is 41.2 Å². The van der Waals surface area contributed by atoms with Gasteiger partial charge in [0.25, 0.3) is 0 Å². The van der Waals surface area contributed by atoms with Crippen LogP contribution in [-0.4, -0.2) is 4.57 Å². The zero-order valence-electron chi connectivity index (χ0n) is 11.3. The van der Waals surface area contributed by atoms with Crippen LogP contribution in [0.5, 0.6) is 0 Å². The molecular weight excluding hydrogens is 234 g/mol. The normalized spacial score (nSPS) is 10.1. The minimum absolute atomic E-state index is 0.472. The molecule has 3 nitrogen and oxygen atoms in total. The van der Waals surface area contributed by atoms with Crippen molar-refractivity contribution in [3.8, 4) is 6.07 Å². The largest absolute Gasteiger partial charge is 0.379 e. The van der Waals surface area contributed by atoms with Gasteiger partial charge in [0.05, 0.1) is 19.0 Å². The number of anilines is 1. The molecule has 2 rings (SSSR count). The van der Waals surface area contributed by atoms with E-state index < -0.39 is 0 Å². The number of benzene rings is 1. The minimum atomic E-state index is 0.472. The van der Waals surface area contributed by atoms with Gasteiger partial charge in [0.2, 0.25) is 0 Å². The second-order valence-corrected chi connectivity index (χ2v) is 4.58. The lowest BCUT2D eigenvalue weighted by Crippen LogP contribution is -2.06. The zero-order valence-corrected chi connectivity index (χ0v) is 11.3. The molecule has 98 valence electrons. The van der Waals surface area contributed by atoms with Gasteiger partial charge in [-0.3, -0.25) is 0 Å². The van der Waals surface area contributed by atoms with Crippen molar-refractivity contribution >= 4 is 5.69 Å². The van der Waals surface area contributed by atoms with Crippen LogP contribution in [0, 0.1) is 11.3 Å². The van der Waals surface area contributed by atoms with Gasteiger partial charge in [-0.25, -0.2) is 0 Å². The van der Waals surface area contributed by atoms with E-state index in [0.717, 1.165) is 30.8 Å². The Balaban J connectivity index is 1.94. The number of aryl methyl sites for hydroxylation is 1. The molecular formula is C16H19N3. The van der Waals surface area contributed by atoms with E-state index in [1.807, 2.05) is 24.3 Å². The average Bonchev–Trinajstić information content (AvgIpc) is 2.86. The maximum absolute atomic E-state index is 8.63. The molecule has 1 N–H and O–H groups in total. The quantitative estimate of drug-likeness (QED) is 0.855. The van der Waals surface area contributed by atoms with Crippen LogP contribution in [0.3, 0.4) is 0 Å². The van der Waals surface area contributed by atoms with Gasteiger partial charge < -0.3 is 9.88 Å². The third kappa shape index (κ3) is 3.62. The van der Waals surface area contributed by atoms with Crippen molar-refractivity contribution < 1.29 is 0 Å². The molecule has 0 unspecified atom stereocenters. The summed E-state index contributed by atoms with van der Waals surface area (Å²) in [6.45, 7) is 4.07. The first-order valence-corrected chi connectivity index (χ1v) is 6.67. The molecule has 0 amide bonds.